The topological polar surface area (TPSA) is 68.7 Å². The van der Waals surface area contributed by atoms with Crippen molar-refractivity contribution in [3.63, 3.8) is 0 Å². The van der Waals surface area contributed by atoms with Crippen LogP contribution in [0, 0.1) is 0 Å². The molecule has 0 unspecified atom stereocenters. The fourth-order valence-electron chi connectivity index (χ4n) is 3.04. The van der Waals surface area contributed by atoms with Gasteiger partial charge in [0.2, 0.25) is 5.95 Å². The Bertz CT molecular complexity index is 673. The minimum Gasteiger partial charge on any atom is -0.357 e. The zero-order valence-corrected chi connectivity index (χ0v) is 19.5. The highest BCUT2D eigenvalue weighted by molar-refractivity contribution is 14.0. The molecule has 9 heteroatoms. The lowest BCUT2D eigenvalue weighted by Gasteiger charge is -2.34. The molecular weight excluding hydrogens is 485 g/mol. The summed E-state index contributed by atoms with van der Waals surface area (Å²) >= 11 is 1.75. The number of hydrogen-bond acceptors (Lipinski definition) is 6. The lowest BCUT2D eigenvalue weighted by molar-refractivity contribution is 0.254. The van der Waals surface area contributed by atoms with Crippen molar-refractivity contribution in [1.82, 2.24) is 25.5 Å². The standard InChI is InChI=1S/C19H29N7S.HI/c1-2-20-18(24-16-17-6-3-15-27-17)21-9-5-10-25-11-13-26(14-12-25)19-22-7-4-8-23-19;/h3-4,6-8,15H,2,5,9-14,16H2,1H3,(H2,20,21,24);1H. The highest BCUT2D eigenvalue weighted by Crippen LogP contribution is 2.10. The van der Waals surface area contributed by atoms with E-state index < -0.39 is 0 Å². The number of nitrogens with one attached hydrogen (secondary N) is 2. The first-order chi connectivity index (χ1) is 13.3. The fourth-order valence-corrected chi connectivity index (χ4v) is 3.66. The van der Waals surface area contributed by atoms with Gasteiger partial charge in [-0.3, -0.25) is 4.90 Å². The summed E-state index contributed by atoms with van der Waals surface area (Å²) in [6, 6.07) is 6.05. The number of anilines is 1. The highest BCUT2D eigenvalue weighted by atomic mass is 127. The molecule has 0 aromatic carbocycles. The molecule has 0 aliphatic carbocycles. The van der Waals surface area contributed by atoms with Gasteiger partial charge in [-0.1, -0.05) is 6.07 Å². The Morgan fingerprint density at radius 3 is 2.61 bits per heavy atom. The maximum atomic E-state index is 4.65. The molecule has 154 valence electrons. The minimum absolute atomic E-state index is 0. The molecule has 28 heavy (non-hydrogen) atoms. The van der Waals surface area contributed by atoms with Crippen molar-refractivity contribution in [2.24, 2.45) is 4.99 Å². The molecule has 1 aliphatic heterocycles. The van der Waals surface area contributed by atoms with Crippen molar-refractivity contribution in [2.45, 2.75) is 19.9 Å². The average molecular weight is 515 g/mol. The van der Waals surface area contributed by atoms with Gasteiger partial charge in [0.25, 0.3) is 0 Å². The van der Waals surface area contributed by atoms with Gasteiger partial charge in [0.05, 0.1) is 6.54 Å². The number of thiophene rings is 1. The van der Waals surface area contributed by atoms with Gasteiger partial charge in [0.1, 0.15) is 0 Å². The van der Waals surface area contributed by atoms with Gasteiger partial charge >= 0.3 is 0 Å². The average Bonchev–Trinajstić information content (AvgIpc) is 3.24. The molecule has 0 amide bonds. The summed E-state index contributed by atoms with van der Waals surface area (Å²) < 4.78 is 0. The molecule has 3 rings (SSSR count). The van der Waals surface area contributed by atoms with Crippen molar-refractivity contribution < 1.29 is 0 Å². The molecule has 0 spiro atoms. The first-order valence-electron chi connectivity index (χ1n) is 9.64. The normalized spacial score (nSPS) is 15.2. The highest BCUT2D eigenvalue weighted by Gasteiger charge is 2.18. The van der Waals surface area contributed by atoms with Crippen LogP contribution in [-0.4, -0.2) is 66.6 Å². The molecule has 3 heterocycles. The number of aliphatic imine (C=N–C) groups is 1. The lowest BCUT2D eigenvalue weighted by Crippen LogP contribution is -2.47. The van der Waals surface area contributed by atoms with Crippen molar-refractivity contribution in [3.8, 4) is 0 Å². The molecule has 1 saturated heterocycles. The van der Waals surface area contributed by atoms with E-state index in [1.807, 2.05) is 18.5 Å². The van der Waals surface area contributed by atoms with E-state index in [4.69, 9.17) is 0 Å². The van der Waals surface area contributed by atoms with Crippen molar-refractivity contribution in [2.75, 3.05) is 50.7 Å². The predicted octanol–water partition coefficient (Wildman–Crippen LogP) is 2.42. The van der Waals surface area contributed by atoms with E-state index in [0.29, 0.717) is 0 Å². The maximum absolute atomic E-state index is 4.65. The van der Waals surface area contributed by atoms with E-state index in [1.165, 1.54) is 4.88 Å². The van der Waals surface area contributed by atoms with Crippen LogP contribution in [0.1, 0.15) is 18.2 Å². The zero-order valence-electron chi connectivity index (χ0n) is 16.4. The number of hydrogen-bond donors (Lipinski definition) is 2. The Morgan fingerprint density at radius 2 is 1.93 bits per heavy atom. The summed E-state index contributed by atoms with van der Waals surface area (Å²) in [4.78, 5) is 19.4. The second kappa shape index (κ2) is 12.9. The van der Waals surface area contributed by atoms with Gasteiger partial charge in [0, 0.05) is 56.5 Å². The number of piperazine rings is 1. The third-order valence-corrected chi connectivity index (χ3v) is 5.33. The van der Waals surface area contributed by atoms with Crippen LogP contribution in [0.3, 0.4) is 0 Å². The van der Waals surface area contributed by atoms with E-state index in [2.05, 4.69) is 59.8 Å². The molecule has 7 nitrogen and oxygen atoms in total. The molecule has 0 radical (unpaired) electrons. The molecule has 0 atom stereocenters. The quantitative estimate of drug-likeness (QED) is 0.244. The second-order valence-corrected chi connectivity index (χ2v) is 7.46. The van der Waals surface area contributed by atoms with Crippen LogP contribution in [0.25, 0.3) is 0 Å². The SMILES string of the molecule is CCNC(=NCc1cccs1)NCCCN1CCN(c2ncccn2)CC1.I. The van der Waals surface area contributed by atoms with Gasteiger partial charge in [-0.25, -0.2) is 15.0 Å². The number of halogens is 1. The third-order valence-electron chi connectivity index (χ3n) is 4.47. The van der Waals surface area contributed by atoms with Gasteiger partial charge < -0.3 is 15.5 Å². The van der Waals surface area contributed by atoms with Crippen LogP contribution < -0.4 is 15.5 Å². The molecular formula is C19H30IN7S. The van der Waals surface area contributed by atoms with Crippen molar-refractivity contribution >= 4 is 47.2 Å². The van der Waals surface area contributed by atoms with Crippen LogP contribution in [-0.2, 0) is 6.54 Å². The van der Waals surface area contributed by atoms with E-state index in [0.717, 1.165) is 70.7 Å². The molecule has 2 aromatic rings. The molecule has 0 bridgehead atoms. The predicted molar refractivity (Wildman–Crippen MR) is 128 cm³/mol. The Labute approximate surface area is 188 Å². The summed E-state index contributed by atoms with van der Waals surface area (Å²) in [6.45, 7) is 9.83. The van der Waals surface area contributed by atoms with Gasteiger partial charge in [-0.05, 0) is 37.4 Å². The lowest BCUT2D eigenvalue weighted by atomic mass is 10.3. The van der Waals surface area contributed by atoms with E-state index in [9.17, 15) is 0 Å². The summed E-state index contributed by atoms with van der Waals surface area (Å²) in [5.41, 5.74) is 0. The van der Waals surface area contributed by atoms with E-state index >= 15 is 0 Å². The largest absolute Gasteiger partial charge is 0.357 e. The minimum atomic E-state index is 0. The smallest absolute Gasteiger partial charge is 0.225 e. The summed E-state index contributed by atoms with van der Waals surface area (Å²) in [6.07, 6.45) is 4.72. The van der Waals surface area contributed by atoms with Crippen LogP contribution in [0.15, 0.2) is 41.0 Å². The number of nitrogens with zero attached hydrogens (tertiary/aromatic N) is 5. The fraction of sp³-hybridized carbons (Fsp3) is 0.526. The van der Waals surface area contributed by atoms with Crippen molar-refractivity contribution in [1.29, 1.82) is 0 Å². The number of rotatable bonds is 8. The third kappa shape index (κ3) is 7.51. The van der Waals surface area contributed by atoms with Crippen LogP contribution >= 0.6 is 35.3 Å². The molecule has 2 aromatic heterocycles. The first-order valence-corrected chi connectivity index (χ1v) is 10.5. The Balaban J connectivity index is 0.00000280. The Morgan fingerprint density at radius 1 is 1.14 bits per heavy atom. The van der Waals surface area contributed by atoms with Gasteiger partial charge in [-0.2, -0.15) is 0 Å². The van der Waals surface area contributed by atoms with Crippen LogP contribution in [0.4, 0.5) is 5.95 Å². The second-order valence-electron chi connectivity index (χ2n) is 6.43. The monoisotopic (exact) mass is 515 g/mol. The Hall–Kier alpha value is -1.46. The van der Waals surface area contributed by atoms with Crippen molar-refractivity contribution in [3.05, 3.63) is 40.8 Å². The van der Waals surface area contributed by atoms with Crippen LogP contribution in [0.5, 0.6) is 0 Å². The molecule has 1 fully saturated rings. The molecule has 2 N–H and O–H groups in total. The summed E-state index contributed by atoms with van der Waals surface area (Å²) in [5, 5.41) is 8.85. The zero-order chi connectivity index (χ0) is 18.7. The summed E-state index contributed by atoms with van der Waals surface area (Å²) in [7, 11) is 0. The van der Waals surface area contributed by atoms with Crippen LogP contribution in [0.2, 0.25) is 0 Å². The summed E-state index contributed by atoms with van der Waals surface area (Å²) in [5.74, 6) is 1.74. The number of aromatic nitrogens is 2. The molecule has 1 aliphatic rings. The maximum Gasteiger partial charge on any atom is 0.225 e. The molecule has 0 saturated carbocycles. The first kappa shape index (κ1) is 22.8. The van der Waals surface area contributed by atoms with E-state index in [-0.39, 0.29) is 24.0 Å². The Kier molecular flexibility index (Phi) is 10.5. The van der Waals surface area contributed by atoms with Gasteiger partial charge in [0.15, 0.2) is 5.96 Å². The van der Waals surface area contributed by atoms with E-state index in [1.54, 1.807) is 11.3 Å². The van der Waals surface area contributed by atoms with Gasteiger partial charge in [-0.15, -0.1) is 35.3 Å². The number of guanidine groups is 1.